The Kier molecular flexibility index (Phi) is 4.41. The predicted octanol–water partition coefficient (Wildman–Crippen LogP) is 4.64. The molecule has 1 N–H and O–H groups in total. The van der Waals surface area contributed by atoms with Crippen molar-refractivity contribution in [2.24, 2.45) is 29.6 Å². The number of hydrogen-bond acceptors (Lipinski definition) is 1. The summed E-state index contributed by atoms with van der Waals surface area (Å²) in [6, 6.07) is 0. The summed E-state index contributed by atoms with van der Waals surface area (Å²) in [6.45, 7) is 9.40. The number of rotatable bonds is 2. The van der Waals surface area contributed by atoms with Crippen molar-refractivity contribution in [3.63, 3.8) is 0 Å². The Hall–Kier alpha value is -0.0400. The number of hydrogen-bond donors (Lipinski definition) is 1. The van der Waals surface area contributed by atoms with Gasteiger partial charge in [0.15, 0.2) is 0 Å². The van der Waals surface area contributed by atoms with Crippen molar-refractivity contribution in [2.75, 3.05) is 0 Å². The Morgan fingerprint density at radius 2 is 1.78 bits per heavy atom. The van der Waals surface area contributed by atoms with Gasteiger partial charge in [-0.2, -0.15) is 0 Å². The van der Waals surface area contributed by atoms with E-state index in [4.69, 9.17) is 0 Å². The molecule has 0 saturated heterocycles. The van der Waals surface area contributed by atoms with E-state index in [9.17, 15) is 5.11 Å². The predicted molar refractivity (Wildman–Crippen MR) is 77.4 cm³/mol. The van der Waals surface area contributed by atoms with Crippen LogP contribution in [0.1, 0.15) is 72.6 Å². The first-order chi connectivity index (χ1) is 8.42. The molecule has 0 aromatic carbocycles. The van der Waals surface area contributed by atoms with E-state index in [0.717, 1.165) is 36.5 Å². The molecule has 106 valence electrons. The first kappa shape index (κ1) is 14.4. The van der Waals surface area contributed by atoms with Gasteiger partial charge in [0.2, 0.25) is 0 Å². The van der Waals surface area contributed by atoms with Crippen LogP contribution in [0.3, 0.4) is 0 Å². The summed E-state index contributed by atoms with van der Waals surface area (Å²) in [5.74, 6) is 3.71. The van der Waals surface area contributed by atoms with Gasteiger partial charge in [-0.1, -0.05) is 40.5 Å². The average molecular weight is 252 g/mol. The summed E-state index contributed by atoms with van der Waals surface area (Å²) in [4.78, 5) is 0. The third-order valence-corrected chi connectivity index (χ3v) is 6.10. The molecule has 0 heterocycles. The van der Waals surface area contributed by atoms with Crippen LogP contribution in [-0.2, 0) is 0 Å². The smallest absolute Gasteiger partial charge is 0.0678 e. The third kappa shape index (κ3) is 2.92. The minimum absolute atomic E-state index is 0.332. The first-order valence-corrected chi connectivity index (χ1v) is 8.14. The minimum Gasteiger partial charge on any atom is -0.390 e. The second kappa shape index (κ2) is 5.53. The summed E-state index contributed by atoms with van der Waals surface area (Å²) in [6.07, 6.45) is 8.52. The van der Waals surface area contributed by atoms with Crippen molar-refractivity contribution in [3.8, 4) is 0 Å². The maximum atomic E-state index is 11.1. The van der Waals surface area contributed by atoms with E-state index < -0.39 is 0 Å². The minimum atomic E-state index is -0.332. The summed E-state index contributed by atoms with van der Waals surface area (Å²) in [5, 5.41) is 11.1. The van der Waals surface area contributed by atoms with E-state index in [1.54, 1.807) is 0 Å². The molecule has 0 amide bonds. The van der Waals surface area contributed by atoms with Crippen LogP contribution < -0.4 is 0 Å². The summed E-state index contributed by atoms with van der Waals surface area (Å²) < 4.78 is 0. The van der Waals surface area contributed by atoms with E-state index in [1.165, 1.54) is 32.1 Å². The molecule has 1 heteroatoms. The highest BCUT2D eigenvalue weighted by Gasteiger charge is 2.43. The summed E-state index contributed by atoms with van der Waals surface area (Å²) in [5.41, 5.74) is -0.332. The molecule has 5 unspecified atom stereocenters. The number of aliphatic hydroxyl groups is 1. The molecule has 0 aromatic rings. The molecule has 2 aliphatic rings. The fraction of sp³-hybridized carbons (Fsp3) is 1.00. The Labute approximate surface area is 113 Å². The van der Waals surface area contributed by atoms with Crippen LogP contribution in [0.15, 0.2) is 0 Å². The van der Waals surface area contributed by atoms with Gasteiger partial charge in [-0.05, 0) is 61.7 Å². The van der Waals surface area contributed by atoms with Gasteiger partial charge in [0.1, 0.15) is 0 Å². The maximum absolute atomic E-state index is 11.1. The molecule has 2 saturated carbocycles. The van der Waals surface area contributed by atoms with E-state index >= 15 is 0 Å². The lowest BCUT2D eigenvalue weighted by molar-refractivity contribution is -0.0911. The van der Waals surface area contributed by atoms with Crippen LogP contribution in [0.25, 0.3) is 0 Å². The molecule has 2 aliphatic carbocycles. The Morgan fingerprint density at radius 3 is 2.39 bits per heavy atom. The fourth-order valence-electron chi connectivity index (χ4n) is 4.30. The van der Waals surface area contributed by atoms with Crippen molar-refractivity contribution in [3.05, 3.63) is 0 Å². The fourth-order valence-corrected chi connectivity index (χ4v) is 4.30. The van der Waals surface area contributed by atoms with Crippen LogP contribution in [0, 0.1) is 29.6 Å². The van der Waals surface area contributed by atoms with Crippen LogP contribution in [0.5, 0.6) is 0 Å². The van der Waals surface area contributed by atoms with Crippen LogP contribution in [0.4, 0.5) is 0 Å². The monoisotopic (exact) mass is 252 g/mol. The molecule has 5 atom stereocenters. The zero-order valence-corrected chi connectivity index (χ0v) is 12.8. The van der Waals surface area contributed by atoms with E-state index in [-0.39, 0.29) is 5.60 Å². The molecular weight excluding hydrogens is 220 g/mol. The van der Waals surface area contributed by atoms with Gasteiger partial charge >= 0.3 is 0 Å². The lowest BCUT2D eigenvalue weighted by atomic mass is 9.62. The molecule has 0 bridgehead atoms. The molecule has 0 aliphatic heterocycles. The highest BCUT2D eigenvalue weighted by molar-refractivity contribution is 4.95. The Balaban J connectivity index is 2.01. The summed E-state index contributed by atoms with van der Waals surface area (Å²) in [7, 11) is 0. The molecule has 0 aromatic heterocycles. The SMILES string of the molecule is CC(C)C1CCCC(O)(C2CCC(C)C(C)C2)C1. The quantitative estimate of drug-likeness (QED) is 0.759. The second-order valence-electron chi connectivity index (χ2n) is 7.67. The van der Waals surface area contributed by atoms with Crippen LogP contribution in [0.2, 0.25) is 0 Å². The lowest BCUT2D eigenvalue weighted by Gasteiger charge is -2.47. The summed E-state index contributed by atoms with van der Waals surface area (Å²) >= 11 is 0. The van der Waals surface area contributed by atoms with Gasteiger partial charge in [-0.3, -0.25) is 0 Å². The second-order valence-corrected chi connectivity index (χ2v) is 7.67. The van der Waals surface area contributed by atoms with E-state index in [0.29, 0.717) is 5.92 Å². The van der Waals surface area contributed by atoms with Crippen molar-refractivity contribution >= 4 is 0 Å². The van der Waals surface area contributed by atoms with Crippen molar-refractivity contribution in [1.29, 1.82) is 0 Å². The Bertz CT molecular complexity index is 273. The van der Waals surface area contributed by atoms with Crippen LogP contribution in [-0.4, -0.2) is 10.7 Å². The highest BCUT2D eigenvalue weighted by Crippen LogP contribution is 2.47. The molecule has 0 spiro atoms. The first-order valence-electron chi connectivity index (χ1n) is 8.14. The molecule has 2 rings (SSSR count). The average Bonchev–Trinajstić information content (AvgIpc) is 2.32. The van der Waals surface area contributed by atoms with E-state index in [1.807, 2.05) is 0 Å². The molecule has 1 nitrogen and oxygen atoms in total. The molecule has 2 fully saturated rings. The van der Waals surface area contributed by atoms with E-state index in [2.05, 4.69) is 27.7 Å². The van der Waals surface area contributed by atoms with Crippen LogP contribution >= 0.6 is 0 Å². The molecular formula is C17H32O. The third-order valence-electron chi connectivity index (χ3n) is 6.10. The topological polar surface area (TPSA) is 20.2 Å². The molecule has 18 heavy (non-hydrogen) atoms. The normalized spacial score (nSPS) is 46.3. The van der Waals surface area contributed by atoms with Crippen molar-refractivity contribution in [2.45, 2.75) is 78.2 Å². The lowest BCUT2D eigenvalue weighted by Crippen LogP contribution is -2.45. The maximum Gasteiger partial charge on any atom is 0.0678 e. The van der Waals surface area contributed by atoms with Crippen molar-refractivity contribution in [1.82, 2.24) is 0 Å². The van der Waals surface area contributed by atoms with Gasteiger partial charge in [0, 0.05) is 0 Å². The van der Waals surface area contributed by atoms with Gasteiger partial charge < -0.3 is 5.11 Å². The van der Waals surface area contributed by atoms with Crippen molar-refractivity contribution < 1.29 is 5.11 Å². The largest absolute Gasteiger partial charge is 0.390 e. The zero-order valence-electron chi connectivity index (χ0n) is 12.8. The standard InChI is InChI=1S/C17H32O/c1-12(2)15-6-5-9-17(18,11-15)16-8-7-13(3)14(4)10-16/h12-16,18H,5-11H2,1-4H3. The zero-order chi connectivity index (χ0) is 13.3. The highest BCUT2D eigenvalue weighted by atomic mass is 16.3. The van der Waals surface area contributed by atoms with Gasteiger partial charge in [0.25, 0.3) is 0 Å². The van der Waals surface area contributed by atoms with Gasteiger partial charge in [0.05, 0.1) is 5.60 Å². The molecule has 0 radical (unpaired) electrons. The van der Waals surface area contributed by atoms with Gasteiger partial charge in [-0.15, -0.1) is 0 Å². The Morgan fingerprint density at radius 1 is 1.06 bits per heavy atom. The van der Waals surface area contributed by atoms with Gasteiger partial charge in [-0.25, -0.2) is 0 Å².